The first-order valence-corrected chi connectivity index (χ1v) is 8.35. The molecule has 0 radical (unpaired) electrons. The first-order chi connectivity index (χ1) is 11.7. The summed E-state index contributed by atoms with van der Waals surface area (Å²) in [5.41, 5.74) is 2.59. The van der Waals surface area contributed by atoms with Crippen molar-refractivity contribution in [3.8, 4) is 5.13 Å². The van der Waals surface area contributed by atoms with Crippen molar-refractivity contribution in [2.75, 3.05) is 0 Å². The molecule has 0 spiro atoms. The van der Waals surface area contributed by atoms with E-state index in [1.807, 2.05) is 60.3 Å². The predicted octanol–water partition coefficient (Wildman–Crippen LogP) is 3.05. The minimum atomic E-state index is -0.135. The SMILES string of the molecule is Cc1nc(-n2cccc2)sc1C(=O)NCc1nc2ccccc2[nH]1. The minimum Gasteiger partial charge on any atom is -0.344 e. The van der Waals surface area contributed by atoms with E-state index in [1.165, 1.54) is 11.3 Å². The number of hydrogen-bond donors (Lipinski definition) is 2. The first-order valence-electron chi connectivity index (χ1n) is 7.53. The summed E-state index contributed by atoms with van der Waals surface area (Å²) in [6.07, 6.45) is 3.82. The second kappa shape index (κ2) is 5.93. The Bertz CT molecular complexity index is 966. The Morgan fingerprint density at radius 3 is 2.79 bits per heavy atom. The molecular weight excluding hydrogens is 322 g/mol. The number of amides is 1. The molecule has 7 heteroatoms. The highest BCUT2D eigenvalue weighted by molar-refractivity contribution is 7.16. The van der Waals surface area contributed by atoms with Crippen LogP contribution in [0.4, 0.5) is 0 Å². The molecule has 6 nitrogen and oxygen atoms in total. The van der Waals surface area contributed by atoms with Crippen LogP contribution in [0.1, 0.15) is 21.2 Å². The molecule has 0 bridgehead atoms. The number of hydrogen-bond acceptors (Lipinski definition) is 4. The summed E-state index contributed by atoms with van der Waals surface area (Å²) in [5.74, 6) is 0.598. The van der Waals surface area contributed by atoms with Gasteiger partial charge in [0.15, 0.2) is 5.13 Å². The molecule has 1 amide bonds. The number of thiazole rings is 1. The number of H-pyrrole nitrogens is 1. The van der Waals surface area contributed by atoms with Gasteiger partial charge in [0, 0.05) is 12.4 Å². The zero-order chi connectivity index (χ0) is 16.5. The fraction of sp³-hybridized carbons (Fsp3) is 0.118. The number of imidazole rings is 1. The average molecular weight is 337 g/mol. The molecule has 4 rings (SSSR count). The number of rotatable bonds is 4. The third-order valence-corrected chi connectivity index (χ3v) is 4.84. The van der Waals surface area contributed by atoms with Crippen LogP contribution in [0.25, 0.3) is 16.2 Å². The van der Waals surface area contributed by atoms with Crippen LogP contribution in [-0.2, 0) is 6.54 Å². The molecular formula is C17H15N5OS. The molecule has 3 heterocycles. The van der Waals surface area contributed by atoms with Crippen LogP contribution in [0.15, 0.2) is 48.8 Å². The van der Waals surface area contributed by atoms with Crippen molar-refractivity contribution >= 4 is 28.3 Å². The Balaban J connectivity index is 1.50. The van der Waals surface area contributed by atoms with Crippen LogP contribution in [0.3, 0.4) is 0 Å². The van der Waals surface area contributed by atoms with E-state index in [0.29, 0.717) is 11.4 Å². The number of aromatic nitrogens is 4. The summed E-state index contributed by atoms with van der Waals surface area (Å²) in [4.78, 5) is 25.2. The molecule has 24 heavy (non-hydrogen) atoms. The molecule has 0 unspecified atom stereocenters. The van der Waals surface area contributed by atoms with Crippen LogP contribution in [-0.4, -0.2) is 25.4 Å². The van der Waals surface area contributed by atoms with Gasteiger partial charge in [-0.25, -0.2) is 9.97 Å². The highest BCUT2D eigenvalue weighted by Crippen LogP contribution is 2.21. The van der Waals surface area contributed by atoms with Gasteiger partial charge in [0.1, 0.15) is 10.7 Å². The van der Waals surface area contributed by atoms with Crippen molar-refractivity contribution in [1.82, 2.24) is 24.8 Å². The molecule has 0 saturated carbocycles. The van der Waals surface area contributed by atoms with E-state index in [-0.39, 0.29) is 5.91 Å². The normalized spacial score (nSPS) is 11.0. The highest BCUT2D eigenvalue weighted by Gasteiger charge is 2.16. The molecule has 2 N–H and O–H groups in total. The highest BCUT2D eigenvalue weighted by atomic mass is 32.1. The number of nitrogens with one attached hydrogen (secondary N) is 2. The summed E-state index contributed by atoms with van der Waals surface area (Å²) in [5, 5.41) is 3.69. The number of aromatic amines is 1. The second-order valence-corrected chi connectivity index (χ2v) is 6.36. The molecule has 0 aliphatic carbocycles. The van der Waals surface area contributed by atoms with Gasteiger partial charge in [-0.2, -0.15) is 0 Å². The Morgan fingerprint density at radius 2 is 2.00 bits per heavy atom. The van der Waals surface area contributed by atoms with E-state index in [4.69, 9.17) is 0 Å². The largest absolute Gasteiger partial charge is 0.344 e. The maximum atomic E-state index is 12.4. The van der Waals surface area contributed by atoms with Crippen LogP contribution in [0.5, 0.6) is 0 Å². The Kier molecular flexibility index (Phi) is 3.62. The van der Waals surface area contributed by atoms with Gasteiger partial charge >= 0.3 is 0 Å². The van der Waals surface area contributed by atoms with E-state index >= 15 is 0 Å². The van der Waals surface area contributed by atoms with E-state index in [1.54, 1.807) is 0 Å². The van der Waals surface area contributed by atoms with Gasteiger partial charge in [0.05, 0.1) is 23.3 Å². The number of carbonyl (C=O) groups excluding carboxylic acids is 1. The van der Waals surface area contributed by atoms with Gasteiger partial charge < -0.3 is 14.9 Å². The zero-order valence-corrected chi connectivity index (χ0v) is 13.8. The molecule has 0 aliphatic heterocycles. The van der Waals surface area contributed by atoms with Crippen molar-refractivity contribution in [1.29, 1.82) is 0 Å². The Labute approximate surface area is 142 Å². The van der Waals surface area contributed by atoms with E-state index in [0.717, 1.165) is 27.7 Å². The molecule has 1 aromatic carbocycles. The third-order valence-electron chi connectivity index (χ3n) is 3.67. The van der Waals surface area contributed by atoms with E-state index in [2.05, 4.69) is 20.3 Å². The molecule has 0 saturated heterocycles. The topological polar surface area (TPSA) is 75.6 Å². The Hall–Kier alpha value is -2.93. The van der Waals surface area contributed by atoms with Gasteiger partial charge in [0.2, 0.25) is 0 Å². The van der Waals surface area contributed by atoms with E-state index in [9.17, 15) is 4.79 Å². The maximum absolute atomic E-state index is 12.4. The van der Waals surface area contributed by atoms with Crippen LogP contribution < -0.4 is 5.32 Å². The standard InChI is InChI=1S/C17H15N5OS/c1-11-15(24-17(19-11)22-8-4-5-9-22)16(23)18-10-14-20-12-6-2-3-7-13(12)21-14/h2-9H,10H2,1H3,(H,18,23)(H,20,21). The van der Waals surface area contributed by atoms with E-state index < -0.39 is 0 Å². The fourth-order valence-electron chi connectivity index (χ4n) is 2.50. The molecule has 3 aromatic heterocycles. The first kappa shape index (κ1) is 14.6. The van der Waals surface area contributed by atoms with Gasteiger partial charge in [0.25, 0.3) is 5.91 Å². The Morgan fingerprint density at radius 1 is 1.21 bits per heavy atom. The van der Waals surface area contributed by atoms with Crippen molar-refractivity contribution in [2.45, 2.75) is 13.5 Å². The molecule has 120 valence electrons. The minimum absolute atomic E-state index is 0.135. The number of carbonyl (C=O) groups is 1. The van der Waals surface area contributed by atoms with Crippen molar-refractivity contribution < 1.29 is 4.79 Å². The smallest absolute Gasteiger partial charge is 0.263 e. The lowest BCUT2D eigenvalue weighted by Gasteiger charge is -2.01. The van der Waals surface area contributed by atoms with Crippen molar-refractivity contribution in [3.05, 3.63) is 65.2 Å². The van der Waals surface area contributed by atoms with Crippen LogP contribution in [0.2, 0.25) is 0 Å². The number of fused-ring (bicyclic) bond motifs is 1. The number of nitrogens with zero attached hydrogens (tertiary/aromatic N) is 3. The van der Waals surface area contributed by atoms with Gasteiger partial charge in [-0.3, -0.25) is 4.79 Å². The summed E-state index contributed by atoms with van der Waals surface area (Å²) in [6.45, 7) is 2.20. The van der Waals surface area contributed by atoms with Crippen LogP contribution in [0, 0.1) is 6.92 Å². The molecule has 0 fully saturated rings. The zero-order valence-electron chi connectivity index (χ0n) is 13.0. The van der Waals surface area contributed by atoms with Gasteiger partial charge in [-0.15, -0.1) is 0 Å². The number of para-hydroxylation sites is 2. The van der Waals surface area contributed by atoms with Gasteiger partial charge in [-0.1, -0.05) is 23.5 Å². The monoisotopic (exact) mass is 337 g/mol. The lowest BCUT2D eigenvalue weighted by Crippen LogP contribution is -2.23. The second-order valence-electron chi connectivity index (χ2n) is 5.38. The lowest BCUT2D eigenvalue weighted by atomic mass is 10.3. The molecule has 0 aliphatic rings. The third kappa shape index (κ3) is 2.69. The summed E-state index contributed by atoms with van der Waals surface area (Å²) in [6, 6.07) is 11.6. The van der Waals surface area contributed by atoms with Crippen molar-refractivity contribution in [2.24, 2.45) is 0 Å². The average Bonchev–Trinajstić information content (AvgIpc) is 3.31. The summed E-state index contributed by atoms with van der Waals surface area (Å²) < 4.78 is 1.90. The number of benzene rings is 1. The quantitative estimate of drug-likeness (QED) is 0.601. The maximum Gasteiger partial charge on any atom is 0.263 e. The van der Waals surface area contributed by atoms with Crippen LogP contribution >= 0.6 is 11.3 Å². The number of aryl methyl sites for hydroxylation is 1. The molecule has 4 aromatic rings. The predicted molar refractivity (Wildman–Crippen MR) is 93.4 cm³/mol. The summed E-state index contributed by atoms with van der Waals surface area (Å²) >= 11 is 1.37. The lowest BCUT2D eigenvalue weighted by molar-refractivity contribution is 0.0953. The van der Waals surface area contributed by atoms with Gasteiger partial charge in [-0.05, 0) is 31.2 Å². The fourth-order valence-corrected chi connectivity index (χ4v) is 3.45. The molecule has 0 atom stereocenters. The van der Waals surface area contributed by atoms with Crippen molar-refractivity contribution in [3.63, 3.8) is 0 Å². The summed E-state index contributed by atoms with van der Waals surface area (Å²) in [7, 11) is 0.